The molecule has 0 aliphatic rings. The largest absolute Gasteiger partial charge is 0.163 e. The van der Waals surface area contributed by atoms with Crippen LogP contribution in [0.4, 0.5) is 0 Å². The number of aromatic nitrogens is 2. The third-order valence-electron chi connectivity index (χ3n) is 1.62. The standard InChI is InChI=1S/C8H12BrN3/c1-3-7(2)4-10-12-6-8(9)5-11-12/h4-7H,3H2,1-2H3/b10-4+. The molecule has 66 valence electrons. The predicted molar refractivity (Wildman–Crippen MR) is 53.3 cm³/mol. The van der Waals surface area contributed by atoms with Crippen LogP contribution in [0.25, 0.3) is 0 Å². The van der Waals surface area contributed by atoms with E-state index in [-0.39, 0.29) is 0 Å². The van der Waals surface area contributed by atoms with Crippen LogP contribution in [-0.4, -0.2) is 16.1 Å². The van der Waals surface area contributed by atoms with Gasteiger partial charge in [-0.15, -0.1) is 0 Å². The summed E-state index contributed by atoms with van der Waals surface area (Å²) in [7, 11) is 0. The smallest absolute Gasteiger partial charge is 0.0654 e. The summed E-state index contributed by atoms with van der Waals surface area (Å²) in [5.41, 5.74) is 0. The number of rotatable bonds is 3. The molecule has 0 amide bonds. The third kappa shape index (κ3) is 2.77. The zero-order chi connectivity index (χ0) is 8.97. The van der Waals surface area contributed by atoms with Gasteiger partial charge >= 0.3 is 0 Å². The fourth-order valence-electron chi connectivity index (χ4n) is 0.642. The van der Waals surface area contributed by atoms with E-state index in [4.69, 9.17) is 0 Å². The summed E-state index contributed by atoms with van der Waals surface area (Å²) in [5.74, 6) is 0.507. The van der Waals surface area contributed by atoms with Crippen LogP contribution in [0.2, 0.25) is 0 Å². The summed E-state index contributed by atoms with van der Waals surface area (Å²) in [6.07, 6.45) is 6.54. The van der Waals surface area contributed by atoms with Gasteiger partial charge in [-0.05, 0) is 28.3 Å². The third-order valence-corrected chi connectivity index (χ3v) is 2.03. The Morgan fingerprint density at radius 3 is 3.08 bits per heavy atom. The molecule has 0 saturated carbocycles. The van der Waals surface area contributed by atoms with Crippen molar-refractivity contribution in [2.75, 3.05) is 0 Å². The average Bonchev–Trinajstić information content (AvgIpc) is 2.47. The van der Waals surface area contributed by atoms with Crippen LogP contribution in [0, 0.1) is 5.92 Å². The van der Waals surface area contributed by atoms with Gasteiger partial charge in [-0.3, -0.25) is 0 Å². The molecule has 0 radical (unpaired) electrons. The first-order valence-corrected chi connectivity index (χ1v) is 4.76. The highest BCUT2D eigenvalue weighted by molar-refractivity contribution is 9.10. The van der Waals surface area contributed by atoms with Gasteiger partial charge in [-0.2, -0.15) is 15.0 Å². The van der Waals surface area contributed by atoms with Crippen molar-refractivity contribution in [1.82, 2.24) is 9.89 Å². The fourth-order valence-corrected chi connectivity index (χ4v) is 0.917. The van der Waals surface area contributed by atoms with Crippen LogP contribution in [0.3, 0.4) is 0 Å². The van der Waals surface area contributed by atoms with Gasteiger partial charge in [-0.1, -0.05) is 13.8 Å². The quantitative estimate of drug-likeness (QED) is 0.734. The Hall–Kier alpha value is -0.640. The molecule has 0 N–H and O–H groups in total. The molecule has 1 unspecified atom stereocenters. The number of halogens is 1. The molecule has 0 aromatic carbocycles. The lowest BCUT2D eigenvalue weighted by Gasteiger charge is -1.97. The van der Waals surface area contributed by atoms with Gasteiger partial charge in [0.1, 0.15) is 0 Å². The second-order valence-corrected chi connectivity index (χ2v) is 3.64. The van der Waals surface area contributed by atoms with E-state index in [9.17, 15) is 0 Å². The van der Waals surface area contributed by atoms with Crippen LogP contribution < -0.4 is 0 Å². The highest BCUT2D eigenvalue weighted by Crippen LogP contribution is 2.05. The summed E-state index contributed by atoms with van der Waals surface area (Å²) >= 11 is 3.30. The van der Waals surface area contributed by atoms with Crippen LogP contribution in [0.15, 0.2) is 22.0 Å². The first kappa shape index (κ1) is 9.45. The fraction of sp³-hybridized carbons (Fsp3) is 0.500. The Morgan fingerprint density at radius 1 is 1.83 bits per heavy atom. The Morgan fingerprint density at radius 2 is 2.58 bits per heavy atom. The molecular weight excluding hydrogens is 218 g/mol. The van der Waals surface area contributed by atoms with Crippen molar-refractivity contribution in [3.05, 3.63) is 16.9 Å². The molecule has 0 spiro atoms. The van der Waals surface area contributed by atoms with Crippen molar-refractivity contribution in [2.24, 2.45) is 11.0 Å². The zero-order valence-corrected chi connectivity index (χ0v) is 8.82. The van der Waals surface area contributed by atoms with Gasteiger partial charge in [-0.25, -0.2) is 0 Å². The van der Waals surface area contributed by atoms with E-state index in [2.05, 4.69) is 40.0 Å². The Kier molecular flexibility index (Phi) is 3.47. The first-order valence-electron chi connectivity index (χ1n) is 3.97. The highest BCUT2D eigenvalue weighted by atomic mass is 79.9. The maximum absolute atomic E-state index is 4.15. The van der Waals surface area contributed by atoms with Crippen LogP contribution in [-0.2, 0) is 0 Å². The average molecular weight is 230 g/mol. The Labute approximate surface area is 80.6 Å². The lowest BCUT2D eigenvalue weighted by atomic mass is 10.1. The predicted octanol–water partition coefficient (Wildman–Crippen LogP) is 2.53. The zero-order valence-electron chi connectivity index (χ0n) is 7.24. The van der Waals surface area contributed by atoms with Crippen molar-refractivity contribution < 1.29 is 0 Å². The monoisotopic (exact) mass is 229 g/mol. The molecular formula is C8H12BrN3. The SMILES string of the molecule is CCC(C)/C=N/n1cc(Br)cn1. The molecule has 1 aromatic rings. The maximum atomic E-state index is 4.15. The molecule has 1 heterocycles. The minimum Gasteiger partial charge on any atom is -0.163 e. The van der Waals surface area contributed by atoms with E-state index in [1.807, 2.05) is 12.4 Å². The normalized spacial score (nSPS) is 13.9. The van der Waals surface area contributed by atoms with E-state index >= 15 is 0 Å². The van der Waals surface area contributed by atoms with Crippen molar-refractivity contribution in [3.63, 3.8) is 0 Å². The van der Waals surface area contributed by atoms with Crippen molar-refractivity contribution in [3.8, 4) is 0 Å². The molecule has 0 saturated heterocycles. The first-order chi connectivity index (χ1) is 5.72. The second kappa shape index (κ2) is 4.40. The molecule has 0 aliphatic carbocycles. The number of hydrogen-bond acceptors (Lipinski definition) is 2. The van der Waals surface area contributed by atoms with Gasteiger partial charge in [0.2, 0.25) is 0 Å². The highest BCUT2D eigenvalue weighted by Gasteiger charge is 1.93. The minimum absolute atomic E-state index is 0.507. The summed E-state index contributed by atoms with van der Waals surface area (Å²) in [5, 5.41) is 8.14. The van der Waals surface area contributed by atoms with Crippen molar-refractivity contribution in [1.29, 1.82) is 0 Å². The van der Waals surface area contributed by atoms with Gasteiger partial charge in [0.05, 0.1) is 16.9 Å². The van der Waals surface area contributed by atoms with Gasteiger partial charge in [0, 0.05) is 6.21 Å². The molecule has 1 rings (SSSR count). The topological polar surface area (TPSA) is 30.2 Å². The van der Waals surface area contributed by atoms with Crippen LogP contribution in [0.1, 0.15) is 20.3 Å². The van der Waals surface area contributed by atoms with Gasteiger partial charge in [0.15, 0.2) is 0 Å². The van der Waals surface area contributed by atoms with E-state index in [1.165, 1.54) is 0 Å². The molecule has 1 aromatic heterocycles. The van der Waals surface area contributed by atoms with Crippen LogP contribution in [0.5, 0.6) is 0 Å². The summed E-state index contributed by atoms with van der Waals surface area (Å²) in [6.45, 7) is 4.26. The summed E-state index contributed by atoms with van der Waals surface area (Å²) < 4.78 is 0.948. The van der Waals surface area contributed by atoms with E-state index < -0.39 is 0 Å². The van der Waals surface area contributed by atoms with E-state index in [0.29, 0.717) is 5.92 Å². The molecule has 0 fully saturated rings. The number of nitrogens with zero attached hydrogens (tertiary/aromatic N) is 3. The molecule has 1 atom stereocenters. The lowest BCUT2D eigenvalue weighted by Crippen LogP contribution is -1.96. The summed E-state index contributed by atoms with van der Waals surface area (Å²) in [6, 6.07) is 0. The molecule has 0 bridgehead atoms. The van der Waals surface area contributed by atoms with Crippen molar-refractivity contribution >= 4 is 22.1 Å². The number of hydrogen-bond donors (Lipinski definition) is 0. The van der Waals surface area contributed by atoms with Crippen LogP contribution >= 0.6 is 15.9 Å². The van der Waals surface area contributed by atoms with E-state index in [0.717, 1.165) is 10.9 Å². The molecule has 12 heavy (non-hydrogen) atoms. The minimum atomic E-state index is 0.507. The molecule has 4 heteroatoms. The Bertz CT molecular complexity index is 267. The van der Waals surface area contributed by atoms with Crippen molar-refractivity contribution in [2.45, 2.75) is 20.3 Å². The van der Waals surface area contributed by atoms with Gasteiger partial charge in [0.25, 0.3) is 0 Å². The van der Waals surface area contributed by atoms with E-state index in [1.54, 1.807) is 11.0 Å². The Balaban J connectivity index is 2.57. The summed E-state index contributed by atoms with van der Waals surface area (Å²) in [4.78, 5) is 1.55. The lowest BCUT2D eigenvalue weighted by molar-refractivity contribution is 0.704. The maximum Gasteiger partial charge on any atom is 0.0654 e. The van der Waals surface area contributed by atoms with Gasteiger partial charge < -0.3 is 0 Å². The second-order valence-electron chi connectivity index (χ2n) is 2.73. The molecule has 0 aliphatic heterocycles. The molecule has 3 nitrogen and oxygen atoms in total.